The molecule has 2 rings (SSSR count). The van der Waals surface area contributed by atoms with E-state index in [-0.39, 0.29) is 6.61 Å². The molecule has 102 valence electrons. The largest absolute Gasteiger partial charge is 0.494 e. The Labute approximate surface area is 111 Å². The van der Waals surface area contributed by atoms with Crippen molar-refractivity contribution in [2.45, 2.75) is 20.0 Å². The van der Waals surface area contributed by atoms with Crippen LogP contribution in [0.2, 0.25) is 0 Å². The fourth-order valence-electron chi connectivity index (χ4n) is 1.88. The summed E-state index contributed by atoms with van der Waals surface area (Å²) in [5.41, 5.74) is 1.43. The number of hydrogen-bond donors (Lipinski definition) is 1. The molecule has 0 aliphatic heterocycles. The molecular formula is C14H17FN2O2. The Morgan fingerprint density at radius 1 is 1.42 bits per heavy atom. The Morgan fingerprint density at radius 2 is 2.21 bits per heavy atom. The first-order chi connectivity index (χ1) is 9.15. The number of halogens is 1. The zero-order valence-electron chi connectivity index (χ0n) is 11.1. The molecule has 0 spiro atoms. The number of rotatable bonds is 5. The average molecular weight is 264 g/mol. The lowest BCUT2D eigenvalue weighted by Crippen LogP contribution is -1.97. The second-order valence-corrected chi connectivity index (χ2v) is 4.32. The molecule has 1 N–H and O–H groups in total. The lowest BCUT2D eigenvalue weighted by Gasteiger charge is -2.07. The van der Waals surface area contributed by atoms with Gasteiger partial charge in [-0.25, -0.2) is 4.39 Å². The fraction of sp³-hybridized carbons (Fsp3) is 0.357. The van der Waals surface area contributed by atoms with Crippen LogP contribution in [0.5, 0.6) is 5.75 Å². The Hall–Kier alpha value is -1.88. The average Bonchev–Trinajstić information content (AvgIpc) is 2.77. The van der Waals surface area contributed by atoms with Crippen LogP contribution in [0.4, 0.5) is 4.39 Å². The van der Waals surface area contributed by atoms with E-state index >= 15 is 0 Å². The Bertz CT molecular complexity index is 567. The standard InChI is InChI=1S/C14H17FN2O2/c1-3-6-19-11-4-5-12(13(15)7-11)14-10(9-18)8-17(2)16-14/h4-5,7-8,18H,3,6,9H2,1-2H3. The maximum absolute atomic E-state index is 14.1. The van der Waals surface area contributed by atoms with Gasteiger partial charge in [0, 0.05) is 30.4 Å². The summed E-state index contributed by atoms with van der Waals surface area (Å²) in [4.78, 5) is 0. The van der Waals surface area contributed by atoms with Crippen molar-refractivity contribution in [1.82, 2.24) is 9.78 Å². The van der Waals surface area contributed by atoms with Crippen LogP contribution < -0.4 is 4.74 Å². The summed E-state index contributed by atoms with van der Waals surface area (Å²) in [6, 6.07) is 4.69. The number of aryl methyl sites for hydroxylation is 1. The van der Waals surface area contributed by atoms with Gasteiger partial charge in [-0.2, -0.15) is 5.10 Å². The third kappa shape index (κ3) is 2.93. The van der Waals surface area contributed by atoms with Crippen LogP contribution in [0.25, 0.3) is 11.3 Å². The van der Waals surface area contributed by atoms with Crippen LogP contribution in [0.15, 0.2) is 24.4 Å². The summed E-state index contributed by atoms with van der Waals surface area (Å²) >= 11 is 0. The monoisotopic (exact) mass is 264 g/mol. The van der Waals surface area contributed by atoms with E-state index < -0.39 is 5.82 Å². The first-order valence-electron chi connectivity index (χ1n) is 6.21. The number of ether oxygens (including phenoxy) is 1. The van der Waals surface area contributed by atoms with Crippen molar-refractivity contribution in [1.29, 1.82) is 0 Å². The first kappa shape index (κ1) is 13.5. The lowest BCUT2D eigenvalue weighted by molar-refractivity contribution is 0.282. The molecule has 19 heavy (non-hydrogen) atoms. The van der Waals surface area contributed by atoms with Gasteiger partial charge >= 0.3 is 0 Å². The van der Waals surface area contributed by atoms with Gasteiger partial charge in [0.1, 0.15) is 17.3 Å². The smallest absolute Gasteiger partial charge is 0.136 e. The molecule has 0 saturated carbocycles. The summed E-state index contributed by atoms with van der Waals surface area (Å²) in [6.45, 7) is 2.38. The molecule has 0 unspecified atom stereocenters. The summed E-state index contributed by atoms with van der Waals surface area (Å²) in [7, 11) is 1.74. The van der Waals surface area contributed by atoms with E-state index in [2.05, 4.69) is 5.10 Å². The highest BCUT2D eigenvalue weighted by atomic mass is 19.1. The van der Waals surface area contributed by atoms with Crippen LogP contribution in [-0.2, 0) is 13.7 Å². The number of benzene rings is 1. The molecule has 1 aromatic carbocycles. The molecule has 2 aromatic rings. The highest BCUT2D eigenvalue weighted by molar-refractivity contribution is 5.64. The highest BCUT2D eigenvalue weighted by Crippen LogP contribution is 2.27. The van der Waals surface area contributed by atoms with Crippen LogP contribution in [0.1, 0.15) is 18.9 Å². The second kappa shape index (κ2) is 5.84. The number of aliphatic hydroxyl groups excluding tert-OH is 1. The summed E-state index contributed by atoms with van der Waals surface area (Å²) in [5.74, 6) is 0.103. The molecule has 0 atom stereocenters. The van der Waals surface area contributed by atoms with E-state index in [0.29, 0.717) is 29.2 Å². The van der Waals surface area contributed by atoms with Gasteiger partial charge in [-0.1, -0.05) is 6.92 Å². The number of nitrogens with zero attached hydrogens (tertiary/aromatic N) is 2. The zero-order valence-corrected chi connectivity index (χ0v) is 11.1. The van der Waals surface area contributed by atoms with E-state index in [9.17, 15) is 9.50 Å². The number of aromatic nitrogens is 2. The van der Waals surface area contributed by atoms with Crippen molar-refractivity contribution >= 4 is 0 Å². The van der Waals surface area contributed by atoms with Crippen LogP contribution in [0.3, 0.4) is 0 Å². The minimum Gasteiger partial charge on any atom is -0.494 e. The molecule has 0 saturated heterocycles. The van der Waals surface area contributed by atoms with Crippen molar-refractivity contribution in [3.63, 3.8) is 0 Å². The summed E-state index contributed by atoms with van der Waals surface area (Å²) in [5, 5.41) is 13.4. The van der Waals surface area contributed by atoms with Gasteiger partial charge < -0.3 is 9.84 Å². The van der Waals surface area contributed by atoms with Gasteiger partial charge in [0.2, 0.25) is 0 Å². The van der Waals surface area contributed by atoms with Gasteiger partial charge in [-0.3, -0.25) is 4.68 Å². The van der Waals surface area contributed by atoms with E-state index in [1.807, 2.05) is 6.92 Å². The molecule has 0 bridgehead atoms. The maximum atomic E-state index is 14.1. The third-order valence-electron chi connectivity index (χ3n) is 2.74. The summed E-state index contributed by atoms with van der Waals surface area (Å²) < 4.78 is 21.0. The maximum Gasteiger partial charge on any atom is 0.136 e. The fourth-order valence-corrected chi connectivity index (χ4v) is 1.88. The van der Waals surface area contributed by atoms with Gasteiger partial charge in [-0.05, 0) is 18.6 Å². The minimum atomic E-state index is -0.401. The first-order valence-corrected chi connectivity index (χ1v) is 6.21. The van der Waals surface area contributed by atoms with E-state index in [0.717, 1.165) is 6.42 Å². The summed E-state index contributed by atoms with van der Waals surface area (Å²) in [6.07, 6.45) is 2.55. The molecule has 5 heteroatoms. The van der Waals surface area contributed by atoms with Crippen molar-refractivity contribution in [2.75, 3.05) is 6.61 Å². The Balaban J connectivity index is 2.34. The normalized spacial score (nSPS) is 10.7. The third-order valence-corrected chi connectivity index (χ3v) is 2.74. The number of hydrogen-bond acceptors (Lipinski definition) is 3. The van der Waals surface area contributed by atoms with Crippen LogP contribution in [-0.4, -0.2) is 21.5 Å². The minimum absolute atomic E-state index is 0.170. The SMILES string of the molecule is CCCOc1ccc(-c2nn(C)cc2CO)c(F)c1. The van der Waals surface area contributed by atoms with Gasteiger partial charge in [0.25, 0.3) is 0 Å². The lowest BCUT2D eigenvalue weighted by atomic mass is 10.1. The quantitative estimate of drug-likeness (QED) is 0.902. The van der Waals surface area contributed by atoms with Crippen LogP contribution in [0, 0.1) is 5.82 Å². The zero-order chi connectivity index (χ0) is 13.8. The van der Waals surface area contributed by atoms with Gasteiger partial charge in [-0.15, -0.1) is 0 Å². The number of aliphatic hydroxyl groups is 1. The predicted molar refractivity (Wildman–Crippen MR) is 70.3 cm³/mol. The molecule has 1 aromatic heterocycles. The van der Waals surface area contributed by atoms with Crippen molar-refractivity contribution < 1.29 is 14.2 Å². The molecule has 0 radical (unpaired) electrons. The van der Waals surface area contributed by atoms with Crippen molar-refractivity contribution in [2.24, 2.45) is 7.05 Å². The molecule has 0 amide bonds. The topological polar surface area (TPSA) is 47.3 Å². The highest BCUT2D eigenvalue weighted by Gasteiger charge is 2.14. The van der Waals surface area contributed by atoms with Gasteiger partial charge in [0.05, 0.1) is 13.2 Å². The van der Waals surface area contributed by atoms with Crippen molar-refractivity contribution in [3.8, 4) is 17.0 Å². The van der Waals surface area contributed by atoms with E-state index in [1.54, 1.807) is 30.1 Å². The molecule has 1 heterocycles. The van der Waals surface area contributed by atoms with Crippen LogP contribution >= 0.6 is 0 Å². The molecule has 4 nitrogen and oxygen atoms in total. The predicted octanol–water partition coefficient (Wildman–Crippen LogP) is 2.51. The molecule has 0 fully saturated rings. The van der Waals surface area contributed by atoms with E-state index in [1.165, 1.54) is 6.07 Å². The molecular weight excluding hydrogens is 247 g/mol. The molecule has 0 aliphatic carbocycles. The Kier molecular flexibility index (Phi) is 4.16. The van der Waals surface area contributed by atoms with Gasteiger partial charge in [0.15, 0.2) is 0 Å². The van der Waals surface area contributed by atoms with Crippen molar-refractivity contribution in [3.05, 3.63) is 35.8 Å². The van der Waals surface area contributed by atoms with E-state index in [4.69, 9.17) is 4.74 Å². The second-order valence-electron chi connectivity index (χ2n) is 4.32. The Morgan fingerprint density at radius 3 is 2.84 bits per heavy atom. The molecule has 0 aliphatic rings.